The molecule has 4 nitrogen and oxygen atoms in total. The number of rotatable bonds is 1. The van der Waals surface area contributed by atoms with E-state index in [4.69, 9.17) is 0 Å². The normalized spacial score (nSPS) is 9.50. The van der Waals surface area contributed by atoms with Crippen molar-refractivity contribution in [2.75, 3.05) is 7.11 Å². The van der Waals surface area contributed by atoms with Gasteiger partial charge in [-0.15, -0.1) is 0 Å². The second-order valence-corrected chi connectivity index (χ2v) is 2.05. The number of nitrogens with one attached hydrogen (secondary N) is 1. The second-order valence-electron chi connectivity index (χ2n) is 2.05. The first-order valence-electron chi connectivity index (χ1n) is 3.11. The van der Waals surface area contributed by atoms with Crippen LogP contribution in [0.5, 0.6) is 0 Å². The minimum atomic E-state index is -0.928. The lowest BCUT2D eigenvalue weighted by molar-refractivity contribution is 0.0594. The molecule has 0 aliphatic carbocycles. The molecule has 0 aromatic carbocycles. The first kappa shape index (κ1) is 8.45. The van der Waals surface area contributed by atoms with E-state index in [1.165, 1.54) is 7.11 Å². The van der Waals surface area contributed by atoms with Gasteiger partial charge in [0, 0.05) is 12.3 Å². The summed E-state index contributed by atoms with van der Waals surface area (Å²) in [5, 5.41) is 0. The highest BCUT2D eigenvalue weighted by atomic mass is 19.1. The lowest BCUT2D eigenvalue weighted by atomic mass is 10.3. The lowest BCUT2D eigenvalue weighted by Gasteiger charge is -1.96. The van der Waals surface area contributed by atoms with Gasteiger partial charge in [0.15, 0.2) is 5.82 Å². The molecule has 0 radical (unpaired) electrons. The number of ether oxygens (including phenoxy) is 1. The van der Waals surface area contributed by atoms with Gasteiger partial charge in [-0.2, -0.15) is 0 Å². The zero-order chi connectivity index (χ0) is 9.14. The highest BCUT2D eigenvalue weighted by Gasteiger charge is 2.07. The van der Waals surface area contributed by atoms with Crippen LogP contribution in [0.1, 0.15) is 10.5 Å². The van der Waals surface area contributed by atoms with Crippen LogP contribution in [0.15, 0.2) is 17.1 Å². The molecule has 1 N–H and O–H groups in total. The van der Waals surface area contributed by atoms with Crippen LogP contribution in [0, 0.1) is 5.82 Å². The van der Waals surface area contributed by atoms with Gasteiger partial charge < -0.3 is 9.72 Å². The molecule has 0 unspecified atom stereocenters. The average Bonchev–Trinajstić information content (AvgIpc) is 2.08. The number of pyridine rings is 1. The Bertz CT molecular complexity index is 358. The van der Waals surface area contributed by atoms with Crippen LogP contribution in [-0.4, -0.2) is 18.1 Å². The fourth-order valence-electron chi connectivity index (χ4n) is 0.682. The van der Waals surface area contributed by atoms with E-state index in [9.17, 15) is 14.0 Å². The lowest BCUT2D eigenvalue weighted by Crippen LogP contribution is -2.12. The van der Waals surface area contributed by atoms with Crippen molar-refractivity contribution in [1.29, 1.82) is 0 Å². The van der Waals surface area contributed by atoms with Crippen molar-refractivity contribution in [1.82, 2.24) is 4.98 Å². The summed E-state index contributed by atoms with van der Waals surface area (Å²) in [5.41, 5.74) is -0.905. The Labute approximate surface area is 67.0 Å². The molecule has 0 spiro atoms. The van der Waals surface area contributed by atoms with E-state index < -0.39 is 17.2 Å². The fraction of sp³-hybridized carbons (Fsp3) is 0.143. The first-order valence-corrected chi connectivity index (χ1v) is 3.11. The van der Waals surface area contributed by atoms with Gasteiger partial charge in [0.2, 0.25) is 5.43 Å². The number of H-pyrrole nitrogens is 1. The average molecular weight is 171 g/mol. The van der Waals surface area contributed by atoms with Crippen molar-refractivity contribution < 1.29 is 13.9 Å². The van der Waals surface area contributed by atoms with Gasteiger partial charge in [0.1, 0.15) is 5.69 Å². The molecule has 0 atom stereocenters. The monoisotopic (exact) mass is 171 g/mol. The standard InChI is InChI=1S/C7H6FNO3/c1-12-7(11)5-2-6(10)4(8)3-9-5/h2-3H,1H3,(H,9,10). The Morgan fingerprint density at radius 3 is 2.83 bits per heavy atom. The predicted octanol–water partition coefficient (Wildman–Crippen LogP) is 0.301. The topological polar surface area (TPSA) is 59.2 Å². The van der Waals surface area contributed by atoms with Crippen LogP contribution in [0.25, 0.3) is 0 Å². The molecule has 5 heteroatoms. The van der Waals surface area contributed by atoms with Gasteiger partial charge in [0.25, 0.3) is 0 Å². The molecule has 0 aliphatic heterocycles. The van der Waals surface area contributed by atoms with Crippen molar-refractivity contribution in [3.8, 4) is 0 Å². The maximum atomic E-state index is 12.4. The third-order valence-electron chi connectivity index (χ3n) is 1.27. The van der Waals surface area contributed by atoms with Crippen molar-refractivity contribution in [2.45, 2.75) is 0 Å². The Balaban J connectivity index is 3.13. The maximum Gasteiger partial charge on any atom is 0.354 e. The summed E-state index contributed by atoms with van der Waals surface area (Å²) in [5.74, 6) is -1.63. The first-order chi connectivity index (χ1) is 5.65. The van der Waals surface area contributed by atoms with Crippen molar-refractivity contribution >= 4 is 5.97 Å². The number of esters is 1. The number of hydrogen-bond donors (Lipinski definition) is 1. The molecule has 1 heterocycles. The van der Waals surface area contributed by atoms with E-state index in [0.29, 0.717) is 0 Å². The number of carbonyl (C=O) groups excluding carboxylic acids is 1. The number of aromatic nitrogens is 1. The molecule has 0 bridgehead atoms. The van der Waals surface area contributed by atoms with E-state index in [-0.39, 0.29) is 5.69 Å². The van der Waals surface area contributed by atoms with Gasteiger partial charge in [-0.1, -0.05) is 0 Å². The van der Waals surface area contributed by atoms with E-state index in [0.717, 1.165) is 12.3 Å². The number of carbonyl (C=O) groups is 1. The van der Waals surface area contributed by atoms with E-state index in [2.05, 4.69) is 9.72 Å². The molecule has 0 saturated carbocycles. The van der Waals surface area contributed by atoms with Crippen LogP contribution in [0.4, 0.5) is 4.39 Å². The second kappa shape index (κ2) is 3.17. The minimum Gasteiger partial charge on any atom is -0.464 e. The third-order valence-corrected chi connectivity index (χ3v) is 1.27. The predicted molar refractivity (Wildman–Crippen MR) is 38.4 cm³/mol. The molecule has 1 aromatic heterocycles. The number of halogens is 1. The molecular weight excluding hydrogens is 165 g/mol. The van der Waals surface area contributed by atoms with Crippen molar-refractivity contribution in [2.24, 2.45) is 0 Å². The van der Waals surface area contributed by atoms with Crippen LogP contribution in [0.3, 0.4) is 0 Å². The SMILES string of the molecule is COC(=O)c1cc(=O)c(F)c[nH]1. The number of hydrogen-bond acceptors (Lipinski definition) is 3. The van der Waals surface area contributed by atoms with Crippen molar-refractivity contribution in [3.63, 3.8) is 0 Å². The molecule has 1 aromatic rings. The van der Waals surface area contributed by atoms with E-state index in [1.807, 2.05) is 0 Å². The van der Waals surface area contributed by atoms with Crippen LogP contribution >= 0.6 is 0 Å². The molecule has 1 rings (SSSR count). The summed E-state index contributed by atoms with van der Waals surface area (Å²) in [6.07, 6.45) is 0.814. The van der Waals surface area contributed by atoms with Gasteiger partial charge in [-0.05, 0) is 0 Å². The van der Waals surface area contributed by atoms with Crippen LogP contribution in [0.2, 0.25) is 0 Å². The molecular formula is C7H6FNO3. The van der Waals surface area contributed by atoms with E-state index >= 15 is 0 Å². The van der Waals surface area contributed by atoms with Gasteiger partial charge >= 0.3 is 5.97 Å². The summed E-state index contributed by atoms with van der Waals surface area (Å²) in [6, 6.07) is 0.848. The molecule has 64 valence electrons. The molecule has 0 amide bonds. The zero-order valence-corrected chi connectivity index (χ0v) is 6.26. The third kappa shape index (κ3) is 1.50. The fourth-order valence-corrected chi connectivity index (χ4v) is 0.682. The Morgan fingerprint density at radius 2 is 2.33 bits per heavy atom. The van der Waals surface area contributed by atoms with Gasteiger partial charge in [-0.3, -0.25) is 4.79 Å². The summed E-state index contributed by atoms with van der Waals surface area (Å²) >= 11 is 0. The summed E-state index contributed by atoms with van der Waals surface area (Å²) in [4.78, 5) is 23.7. The molecule has 12 heavy (non-hydrogen) atoms. The van der Waals surface area contributed by atoms with Crippen LogP contribution in [-0.2, 0) is 4.74 Å². The van der Waals surface area contributed by atoms with E-state index in [1.54, 1.807) is 0 Å². The Hall–Kier alpha value is -1.65. The number of methoxy groups -OCH3 is 1. The largest absolute Gasteiger partial charge is 0.464 e. The smallest absolute Gasteiger partial charge is 0.354 e. The quantitative estimate of drug-likeness (QED) is 0.618. The maximum absolute atomic E-state index is 12.4. The summed E-state index contributed by atoms with van der Waals surface area (Å²) in [7, 11) is 1.17. The van der Waals surface area contributed by atoms with Crippen molar-refractivity contribution in [3.05, 3.63) is 34.0 Å². The van der Waals surface area contributed by atoms with Gasteiger partial charge in [0.05, 0.1) is 7.11 Å². The van der Waals surface area contributed by atoms with Crippen LogP contribution < -0.4 is 5.43 Å². The molecule has 0 fully saturated rings. The zero-order valence-electron chi connectivity index (χ0n) is 6.26. The number of aromatic amines is 1. The summed E-state index contributed by atoms with van der Waals surface area (Å²) in [6.45, 7) is 0. The Morgan fingerprint density at radius 1 is 1.67 bits per heavy atom. The molecule has 0 aliphatic rings. The molecule has 0 saturated heterocycles. The Kier molecular flexibility index (Phi) is 2.23. The highest BCUT2D eigenvalue weighted by molar-refractivity contribution is 5.86. The van der Waals surface area contributed by atoms with Gasteiger partial charge in [-0.25, -0.2) is 9.18 Å². The minimum absolute atomic E-state index is 0.0658. The summed E-state index contributed by atoms with van der Waals surface area (Å²) < 4.78 is 16.7. The highest BCUT2D eigenvalue weighted by Crippen LogP contribution is 1.93.